The maximum absolute atomic E-state index is 11.3. The van der Waals surface area contributed by atoms with Crippen LogP contribution < -0.4 is 4.43 Å². The van der Waals surface area contributed by atoms with E-state index in [1.807, 2.05) is 23.7 Å². The van der Waals surface area contributed by atoms with E-state index in [0.29, 0.717) is 11.5 Å². The normalized spacial score (nSPS) is 16.9. The van der Waals surface area contributed by atoms with Crippen LogP contribution in [0.25, 0.3) is 22.3 Å². The molecule has 1 fully saturated rings. The van der Waals surface area contributed by atoms with Gasteiger partial charge in [0.15, 0.2) is 18.7 Å². The van der Waals surface area contributed by atoms with Gasteiger partial charge in [-0.3, -0.25) is 4.79 Å². The van der Waals surface area contributed by atoms with Gasteiger partial charge in [-0.25, -0.2) is 14.6 Å². The van der Waals surface area contributed by atoms with E-state index in [0.717, 1.165) is 53.9 Å². The number of nitrogens with zero attached hydrogens (tertiary/aromatic N) is 4. The lowest BCUT2D eigenvalue weighted by molar-refractivity contribution is -0.142. The topological polar surface area (TPSA) is 88.4 Å². The average molecular weight is 497 g/mol. The van der Waals surface area contributed by atoms with Gasteiger partial charge in [0.25, 0.3) is 0 Å². The molecule has 1 unspecified atom stereocenters. The van der Waals surface area contributed by atoms with Crippen LogP contribution >= 0.6 is 0 Å². The molecule has 0 spiro atoms. The third-order valence-corrected chi connectivity index (χ3v) is 11.2. The first-order valence-electron chi connectivity index (χ1n) is 12.3. The Balaban J connectivity index is 1.83. The molecule has 0 saturated carbocycles. The molecule has 1 aromatic carbocycles. The Morgan fingerprint density at radius 3 is 2.63 bits per heavy atom. The molecule has 188 valence electrons. The predicted molar refractivity (Wildman–Crippen MR) is 138 cm³/mol. The largest absolute Gasteiger partial charge is 0.543 e. The summed E-state index contributed by atoms with van der Waals surface area (Å²) in [5, 5.41) is 6.03. The number of aromatic nitrogens is 4. The number of carbonyl (C=O) groups is 1. The van der Waals surface area contributed by atoms with E-state index in [9.17, 15) is 4.79 Å². The second-order valence-electron chi connectivity index (χ2n) is 10.7. The van der Waals surface area contributed by atoms with Crippen molar-refractivity contribution in [1.29, 1.82) is 0 Å². The molecule has 2 aromatic heterocycles. The first kappa shape index (κ1) is 25.3. The quantitative estimate of drug-likeness (QED) is 0.308. The predicted octanol–water partition coefficient (Wildman–Crippen LogP) is 5.95. The Kier molecular flexibility index (Phi) is 7.01. The van der Waals surface area contributed by atoms with E-state index in [-0.39, 0.29) is 23.8 Å². The third kappa shape index (κ3) is 5.56. The smallest absolute Gasteiger partial charge is 0.303 e. The Morgan fingerprint density at radius 2 is 1.97 bits per heavy atom. The highest BCUT2D eigenvalue weighted by molar-refractivity contribution is 6.74. The highest BCUT2D eigenvalue weighted by Crippen LogP contribution is 2.39. The number of carbonyl (C=O) groups excluding carboxylic acids is 1. The van der Waals surface area contributed by atoms with Crippen molar-refractivity contribution in [3.63, 3.8) is 0 Å². The maximum atomic E-state index is 11.3. The number of rotatable bonds is 6. The molecule has 1 aliphatic rings. The standard InChI is InChI=1S/C26H36N4O4Si/c1-17-14-21(28-23(27-17)16-33-18(2)31)25-20-15-19(34-35(6,7)26(3,4)5)11-12-22(20)30(29-25)24-10-8-9-13-32-24/h11-12,14-15,24H,8-10,13,16H2,1-7H3. The van der Waals surface area contributed by atoms with Crippen LogP contribution in [0.3, 0.4) is 0 Å². The summed E-state index contributed by atoms with van der Waals surface area (Å²) in [6.45, 7) is 15.2. The first-order chi connectivity index (χ1) is 16.4. The Bertz CT molecular complexity index is 1230. The summed E-state index contributed by atoms with van der Waals surface area (Å²) < 4.78 is 19.8. The zero-order valence-corrected chi connectivity index (χ0v) is 22.8. The van der Waals surface area contributed by atoms with Gasteiger partial charge >= 0.3 is 5.97 Å². The fourth-order valence-corrected chi connectivity index (χ4v) is 4.96. The van der Waals surface area contributed by atoms with E-state index >= 15 is 0 Å². The van der Waals surface area contributed by atoms with Crippen LogP contribution in [0, 0.1) is 6.92 Å². The molecular weight excluding hydrogens is 460 g/mol. The zero-order valence-electron chi connectivity index (χ0n) is 21.8. The second kappa shape index (κ2) is 9.70. The first-order valence-corrected chi connectivity index (χ1v) is 15.2. The van der Waals surface area contributed by atoms with Gasteiger partial charge in [0.1, 0.15) is 11.4 Å². The third-order valence-electron chi connectivity index (χ3n) is 6.83. The number of esters is 1. The van der Waals surface area contributed by atoms with Crippen LogP contribution in [0.5, 0.6) is 5.75 Å². The molecule has 3 heterocycles. The van der Waals surface area contributed by atoms with Crippen LogP contribution in [0.15, 0.2) is 24.3 Å². The Hall–Kier alpha value is -2.78. The van der Waals surface area contributed by atoms with Gasteiger partial charge in [-0.2, -0.15) is 5.10 Å². The van der Waals surface area contributed by atoms with E-state index < -0.39 is 8.32 Å². The summed E-state index contributed by atoms with van der Waals surface area (Å²) in [5.74, 6) is 0.911. The Morgan fingerprint density at radius 1 is 1.20 bits per heavy atom. The molecule has 0 aliphatic carbocycles. The van der Waals surface area contributed by atoms with Crippen molar-refractivity contribution in [1.82, 2.24) is 19.7 Å². The molecule has 0 amide bonds. The Labute approximate surface area is 208 Å². The van der Waals surface area contributed by atoms with E-state index in [4.69, 9.17) is 24.0 Å². The lowest BCUT2D eigenvalue weighted by atomic mass is 10.1. The lowest BCUT2D eigenvalue weighted by Gasteiger charge is -2.36. The number of aryl methyl sites for hydroxylation is 1. The number of hydrogen-bond acceptors (Lipinski definition) is 7. The summed E-state index contributed by atoms with van der Waals surface area (Å²) in [6, 6.07) is 8.08. The lowest BCUT2D eigenvalue weighted by Crippen LogP contribution is -2.43. The van der Waals surface area contributed by atoms with Crippen molar-refractivity contribution in [3.8, 4) is 17.1 Å². The number of benzene rings is 1. The van der Waals surface area contributed by atoms with Gasteiger partial charge < -0.3 is 13.9 Å². The van der Waals surface area contributed by atoms with Crippen molar-refractivity contribution in [3.05, 3.63) is 35.8 Å². The summed E-state index contributed by atoms with van der Waals surface area (Å²) in [6.07, 6.45) is 2.97. The number of fused-ring (bicyclic) bond motifs is 1. The van der Waals surface area contributed by atoms with Crippen LogP contribution in [0.2, 0.25) is 18.1 Å². The van der Waals surface area contributed by atoms with Crippen molar-refractivity contribution >= 4 is 25.2 Å². The minimum Gasteiger partial charge on any atom is -0.543 e. The summed E-state index contributed by atoms with van der Waals surface area (Å²) in [4.78, 5) is 20.4. The molecule has 4 rings (SSSR count). The molecular formula is C26H36N4O4Si. The fraction of sp³-hybridized carbons (Fsp3) is 0.538. The van der Waals surface area contributed by atoms with Gasteiger partial charge in [-0.15, -0.1) is 0 Å². The van der Waals surface area contributed by atoms with Crippen LogP contribution in [0.4, 0.5) is 0 Å². The zero-order chi connectivity index (χ0) is 25.4. The van der Waals surface area contributed by atoms with Gasteiger partial charge in [0.2, 0.25) is 8.32 Å². The molecule has 1 saturated heterocycles. The monoisotopic (exact) mass is 496 g/mol. The average Bonchev–Trinajstić information content (AvgIpc) is 3.16. The van der Waals surface area contributed by atoms with Gasteiger partial charge in [-0.05, 0) is 68.6 Å². The SMILES string of the molecule is CC(=O)OCc1nc(C)cc(-c2nn(C3CCCCO3)c3ccc(O[Si](C)(C)C(C)(C)C)cc23)n1. The van der Waals surface area contributed by atoms with E-state index in [1.165, 1.54) is 6.92 Å². The highest BCUT2D eigenvalue weighted by atomic mass is 28.4. The minimum atomic E-state index is -2.02. The summed E-state index contributed by atoms with van der Waals surface area (Å²) >= 11 is 0. The number of hydrogen-bond donors (Lipinski definition) is 0. The minimum absolute atomic E-state index is 0.0219. The van der Waals surface area contributed by atoms with Crippen LogP contribution in [0.1, 0.15) is 64.7 Å². The van der Waals surface area contributed by atoms with Gasteiger partial charge in [0, 0.05) is 24.6 Å². The molecule has 0 radical (unpaired) electrons. The molecule has 1 aliphatic heterocycles. The maximum Gasteiger partial charge on any atom is 0.303 e. The molecule has 3 aromatic rings. The van der Waals surface area contributed by atoms with Crippen molar-refractivity contribution in [2.75, 3.05) is 6.61 Å². The van der Waals surface area contributed by atoms with Crippen molar-refractivity contribution in [2.24, 2.45) is 0 Å². The van der Waals surface area contributed by atoms with Crippen LogP contribution in [-0.4, -0.2) is 40.6 Å². The van der Waals surface area contributed by atoms with Gasteiger partial charge in [0.05, 0.1) is 11.2 Å². The fourth-order valence-electron chi connectivity index (χ4n) is 3.94. The molecule has 1 atom stereocenters. The molecule has 9 heteroatoms. The van der Waals surface area contributed by atoms with E-state index in [2.05, 4.69) is 51.0 Å². The van der Waals surface area contributed by atoms with Crippen molar-refractivity contribution < 1.29 is 18.7 Å². The highest BCUT2D eigenvalue weighted by Gasteiger charge is 2.39. The molecule has 8 nitrogen and oxygen atoms in total. The number of ether oxygens (including phenoxy) is 2. The van der Waals surface area contributed by atoms with E-state index in [1.54, 1.807) is 0 Å². The second-order valence-corrected chi connectivity index (χ2v) is 15.5. The van der Waals surface area contributed by atoms with Crippen LogP contribution in [-0.2, 0) is 20.9 Å². The van der Waals surface area contributed by atoms with Crippen molar-refractivity contribution in [2.45, 2.75) is 84.8 Å². The summed E-state index contributed by atoms with van der Waals surface area (Å²) in [7, 11) is -2.02. The van der Waals surface area contributed by atoms with Gasteiger partial charge in [-0.1, -0.05) is 20.8 Å². The molecule has 0 bridgehead atoms. The molecule has 35 heavy (non-hydrogen) atoms. The molecule has 0 N–H and O–H groups in total. The summed E-state index contributed by atoms with van der Waals surface area (Å²) in [5.41, 5.74) is 3.18.